The molecule has 0 radical (unpaired) electrons. The molecular weight excluding hydrogens is 478 g/mol. The smallest absolute Gasteiger partial charge is 0.292 e. The third-order valence-corrected chi connectivity index (χ3v) is 5.95. The first-order valence-electron chi connectivity index (χ1n) is 10.5. The van der Waals surface area contributed by atoms with Gasteiger partial charge in [-0.15, -0.1) is 16.8 Å². The van der Waals surface area contributed by atoms with Crippen molar-refractivity contribution in [3.63, 3.8) is 0 Å². The van der Waals surface area contributed by atoms with E-state index in [1.165, 1.54) is 23.9 Å². The zero-order valence-corrected chi connectivity index (χ0v) is 20.1. The second-order valence-electron chi connectivity index (χ2n) is 7.27. The first-order valence-corrected chi connectivity index (χ1v) is 11.8. The fourth-order valence-corrected chi connectivity index (χ4v) is 4.16. The fourth-order valence-electron chi connectivity index (χ4n) is 3.17. The molecule has 2 aromatic carbocycles. The van der Waals surface area contributed by atoms with Crippen LogP contribution in [0.15, 0.2) is 60.3 Å². The Kier molecular flexibility index (Phi) is 9.06. The molecule has 0 bridgehead atoms. The largest absolute Gasteiger partial charge is 0.493 e. The van der Waals surface area contributed by atoms with Crippen molar-refractivity contribution in [2.75, 3.05) is 17.7 Å². The van der Waals surface area contributed by atoms with Crippen molar-refractivity contribution >= 4 is 40.6 Å². The average Bonchev–Trinajstić information content (AvgIpc) is 3.18. The standard InChI is InChI=1S/C23H24ClN5O4S/c1-3-12-28-21(9-6-13-33-20-11-10-17(24)14-16(20)2)26-27-23(28)34-15-22(30)25-18-7-4-5-8-19(18)29(31)32/h3-5,7-8,10-11,14H,1,6,9,12-13,15H2,2H3,(H,25,30). The lowest BCUT2D eigenvalue weighted by molar-refractivity contribution is -0.383. The molecule has 0 unspecified atom stereocenters. The van der Waals surface area contributed by atoms with Crippen LogP contribution in [0.2, 0.25) is 5.02 Å². The molecule has 0 atom stereocenters. The summed E-state index contributed by atoms with van der Waals surface area (Å²) >= 11 is 7.18. The third-order valence-electron chi connectivity index (χ3n) is 4.75. The second-order valence-corrected chi connectivity index (χ2v) is 8.65. The number of nitro groups is 1. The van der Waals surface area contributed by atoms with Crippen LogP contribution < -0.4 is 10.1 Å². The van der Waals surface area contributed by atoms with Gasteiger partial charge in [0, 0.05) is 24.1 Å². The lowest BCUT2D eigenvalue weighted by atomic mass is 10.2. The highest BCUT2D eigenvalue weighted by molar-refractivity contribution is 7.99. The van der Waals surface area contributed by atoms with E-state index in [-0.39, 0.29) is 23.0 Å². The van der Waals surface area contributed by atoms with Crippen molar-refractivity contribution in [3.8, 4) is 5.75 Å². The number of hydrogen-bond acceptors (Lipinski definition) is 7. The number of thioether (sulfide) groups is 1. The summed E-state index contributed by atoms with van der Waals surface area (Å²) in [4.78, 5) is 23.0. The van der Waals surface area contributed by atoms with Crippen LogP contribution in [-0.4, -0.2) is 38.0 Å². The molecule has 3 aromatic rings. The number of benzene rings is 2. The van der Waals surface area contributed by atoms with Crippen molar-refractivity contribution in [1.29, 1.82) is 0 Å². The van der Waals surface area contributed by atoms with E-state index in [0.29, 0.717) is 29.8 Å². The molecule has 0 saturated carbocycles. The van der Waals surface area contributed by atoms with Gasteiger partial charge in [0.1, 0.15) is 17.3 Å². The fraction of sp³-hybridized carbons (Fsp3) is 0.261. The van der Waals surface area contributed by atoms with Gasteiger partial charge in [0.05, 0.1) is 17.3 Å². The molecule has 1 N–H and O–H groups in total. The number of nitrogens with zero attached hydrogens (tertiary/aromatic N) is 4. The number of carbonyl (C=O) groups excluding carboxylic acids is 1. The quantitative estimate of drug-likeness (QED) is 0.121. The first kappa shape index (κ1) is 25.3. The highest BCUT2D eigenvalue weighted by Crippen LogP contribution is 2.25. The van der Waals surface area contributed by atoms with E-state index in [1.807, 2.05) is 23.6 Å². The second kappa shape index (κ2) is 12.2. The normalized spacial score (nSPS) is 10.6. The van der Waals surface area contributed by atoms with Gasteiger partial charge in [-0.3, -0.25) is 14.9 Å². The van der Waals surface area contributed by atoms with Crippen molar-refractivity contribution < 1.29 is 14.5 Å². The van der Waals surface area contributed by atoms with E-state index in [2.05, 4.69) is 22.1 Å². The van der Waals surface area contributed by atoms with Crippen LogP contribution in [0, 0.1) is 17.0 Å². The Balaban J connectivity index is 1.55. The number of allylic oxidation sites excluding steroid dienone is 1. The SMILES string of the molecule is C=CCn1c(CCCOc2ccc(Cl)cc2C)nnc1SCC(=O)Nc1ccccc1[N+](=O)[O-]. The number of hydrogen-bond donors (Lipinski definition) is 1. The number of nitro benzene ring substituents is 1. The average molecular weight is 502 g/mol. The van der Waals surface area contributed by atoms with Gasteiger partial charge >= 0.3 is 0 Å². The van der Waals surface area contributed by atoms with Crippen LogP contribution in [0.5, 0.6) is 5.75 Å². The minimum absolute atomic E-state index is 0.0281. The number of carbonyl (C=O) groups is 1. The van der Waals surface area contributed by atoms with Gasteiger partial charge in [-0.1, -0.05) is 41.6 Å². The summed E-state index contributed by atoms with van der Waals surface area (Å²) in [5, 5.41) is 23.4. The molecule has 3 rings (SSSR count). The Labute approximate surface area is 206 Å². The zero-order valence-electron chi connectivity index (χ0n) is 18.6. The lowest BCUT2D eigenvalue weighted by Crippen LogP contribution is -2.15. The van der Waals surface area contributed by atoms with E-state index < -0.39 is 4.92 Å². The van der Waals surface area contributed by atoms with Crippen LogP contribution in [-0.2, 0) is 17.8 Å². The summed E-state index contributed by atoms with van der Waals surface area (Å²) in [7, 11) is 0. The molecule has 11 heteroatoms. The number of aromatic nitrogens is 3. The van der Waals surface area contributed by atoms with Crippen LogP contribution in [0.4, 0.5) is 11.4 Å². The van der Waals surface area contributed by atoms with Gasteiger partial charge in [0.15, 0.2) is 5.16 Å². The molecular formula is C23H24ClN5O4S. The van der Waals surface area contributed by atoms with Gasteiger partial charge in [-0.2, -0.15) is 0 Å². The third kappa shape index (κ3) is 6.82. The van der Waals surface area contributed by atoms with Crippen molar-refractivity contribution in [3.05, 3.63) is 81.6 Å². The van der Waals surface area contributed by atoms with E-state index in [9.17, 15) is 14.9 Å². The zero-order chi connectivity index (χ0) is 24.5. The van der Waals surface area contributed by atoms with Crippen molar-refractivity contribution in [1.82, 2.24) is 14.8 Å². The Morgan fingerprint density at radius 2 is 2.12 bits per heavy atom. The highest BCUT2D eigenvalue weighted by atomic mass is 35.5. The molecule has 1 aromatic heterocycles. The van der Waals surface area contributed by atoms with Crippen molar-refractivity contribution in [2.24, 2.45) is 0 Å². The number of nitrogens with one attached hydrogen (secondary N) is 1. The summed E-state index contributed by atoms with van der Waals surface area (Å²) in [6.07, 6.45) is 3.09. The van der Waals surface area contributed by atoms with Gasteiger partial charge in [0.25, 0.3) is 5.69 Å². The van der Waals surface area contributed by atoms with E-state index in [1.54, 1.807) is 24.3 Å². The molecule has 34 heavy (non-hydrogen) atoms. The summed E-state index contributed by atoms with van der Waals surface area (Å²) in [5.41, 5.74) is 0.969. The summed E-state index contributed by atoms with van der Waals surface area (Å²) < 4.78 is 7.73. The Morgan fingerprint density at radius 3 is 2.85 bits per heavy atom. The number of halogens is 1. The number of anilines is 1. The minimum atomic E-state index is -0.534. The number of ether oxygens (including phenoxy) is 1. The van der Waals surface area contributed by atoms with E-state index in [0.717, 1.165) is 23.6 Å². The topological polar surface area (TPSA) is 112 Å². The molecule has 9 nitrogen and oxygen atoms in total. The maximum absolute atomic E-state index is 12.4. The predicted molar refractivity (Wildman–Crippen MR) is 133 cm³/mol. The van der Waals surface area contributed by atoms with Gasteiger partial charge < -0.3 is 14.6 Å². The Bertz CT molecular complexity index is 1180. The predicted octanol–water partition coefficient (Wildman–Crippen LogP) is 5.08. The number of rotatable bonds is 12. The van der Waals surface area contributed by atoms with Crippen LogP contribution in [0.3, 0.4) is 0 Å². The first-order chi connectivity index (χ1) is 16.4. The number of amides is 1. The lowest BCUT2D eigenvalue weighted by Gasteiger charge is -2.10. The van der Waals surface area contributed by atoms with Crippen molar-refractivity contribution in [2.45, 2.75) is 31.5 Å². The van der Waals surface area contributed by atoms with Crippen LogP contribution in [0.25, 0.3) is 0 Å². The Morgan fingerprint density at radius 1 is 1.32 bits per heavy atom. The summed E-state index contributed by atoms with van der Waals surface area (Å²) in [6.45, 7) is 6.72. The van der Waals surface area contributed by atoms with E-state index >= 15 is 0 Å². The van der Waals surface area contributed by atoms with Crippen LogP contribution >= 0.6 is 23.4 Å². The molecule has 1 heterocycles. The molecule has 0 aliphatic carbocycles. The maximum Gasteiger partial charge on any atom is 0.292 e. The molecule has 0 spiro atoms. The maximum atomic E-state index is 12.4. The van der Waals surface area contributed by atoms with Gasteiger partial charge in [-0.25, -0.2) is 0 Å². The molecule has 0 aliphatic heterocycles. The molecule has 178 valence electrons. The molecule has 0 saturated heterocycles. The summed E-state index contributed by atoms with van der Waals surface area (Å²) in [5.74, 6) is 1.21. The molecule has 0 aliphatic rings. The minimum Gasteiger partial charge on any atom is -0.493 e. The highest BCUT2D eigenvalue weighted by Gasteiger charge is 2.17. The molecule has 0 fully saturated rings. The monoisotopic (exact) mass is 501 g/mol. The number of aryl methyl sites for hydroxylation is 2. The van der Waals surface area contributed by atoms with E-state index in [4.69, 9.17) is 16.3 Å². The molecule has 1 amide bonds. The van der Waals surface area contributed by atoms with Gasteiger partial charge in [0.2, 0.25) is 5.91 Å². The number of para-hydroxylation sites is 2. The Hall–Kier alpha value is -3.37. The summed E-state index contributed by atoms with van der Waals surface area (Å²) in [6, 6.07) is 11.5. The van der Waals surface area contributed by atoms with Gasteiger partial charge in [-0.05, 0) is 43.2 Å². The van der Waals surface area contributed by atoms with Crippen LogP contribution in [0.1, 0.15) is 17.8 Å².